The highest BCUT2D eigenvalue weighted by molar-refractivity contribution is 4.95. The van der Waals surface area contributed by atoms with Crippen LogP contribution in [-0.2, 0) is 0 Å². The summed E-state index contributed by atoms with van der Waals surface area (Å²) < 4.78 is 0. The molecule has 0 heteroatoms. The van der Waals surface area contributed by atoms with E-state index >= 15 is 0 Å². The summed E-state index contributed by atoms with van der Waals surface area (Å²) in [5.74, 6) is 5.30. The number of fused-ring (bicyclic) bond motifs is 1. The molecule has 2 saturated carbocycles. The summed E-state index contributed by atoms with van der Waals surface area (Å²) in [6.45, 7) is 7.32. The molecule has 0 amide bonds. The molecular weight excluding hydrogens is 132 g/mol. The molecule has 0 N–H and O–H groups in total. The second kappa shape index (κ2) is 2.50. The zero-order valence-corrected chi connectivity index (χ0v) is 8.01. The zero-order chi connectivity index (χ0) is 8.01. The number of hydrogen-bond donors (Lipinski definition) is 0. The average Bonchev–Trinajstić information content (AvgIpc) is 2.03. The maximum absolute atomic E-state index is 2.45. The van der Waals surface area contributed by atoms with Gasteiger partial charge in [0, 0.05) is 0 Å². The van der Waals surface area contributed by atoms with E-state index in [0.717, 1.165) is 29.6 Å². The van der Waals surface area contributed by atoms with Crippen molar-refractivity contribution in [2.45, 2.75) is 40.0 Å². The highest BCUT2D eigenvalue weighted by atomic mass is 14.5. The van der Waals surface area contributed by atoms with Crippen LogP contribution in [0.15, 0.2) is 0 Å². The molecular formula is C11H20. The minimum Gasteiger partial charge on any atom is -0.0625 e. The van der Waals surface area contributed by atoms with Gasteiger partial charge in [0.2, 0.25) is 0 Å². The van der Waals surface area contributed by atoms with Crippen molar-refractivity contribution in [3.63, 3.8) is 0 Å². The van der Waals surface area contributed by atoms with Gasteiger partial charge in [0.05, 0.1) is 0 Å². The summed E-state index contributed by atoms with van der Waals surface area (Å²) in [7, 11) is 0. The third-order valence-corrected chi connectivity index (χ3v) is 4.40. The fourth-order valence-corrected chi connectivity index (χ4v) is 3.34. The van der Waals surface area contributed by atoms with Gasteiger partial charge in [-0.15, -0.1) is 0 Å². The van der Waals surface area contributed by atoms with E-state index in [-0.39, 0.29) is 0 Å². The Morgan fingerprint density at radius 2 is 1.45 bits per heavy atom. The summed E-state index contributed by atoms with van der Waals surface area (Å²) >= 11 is 0. The topological polar surface area (TPSA) is 0 Å². The van der Waals surface area contributed by atoms with Crippen LogP contribution in [-0.4, -0.2) is 0 Å². The highest BCUT2D eigenvalue weighted by Gasteiger charge is 2.46. The molecule has 2 aliphatic rings. The molecule has 0 aliphatic heterocycles. The van der Waals surface area contributed by atoms with Gasteiger partial charge in [0.1, 0.15) is 0 Å². The standard InChI is InChI=1S/C11H20/c1-7-4-5-10-8(2)9(3)11(10)6-7/h7-11H,4-6H2,1-3H3. The number of rotatable bonds is 0. The number of hydrogen-bond acceptors (Lipinski definition) is 0. The Morgan fingerprint density at radius 1 is 0.818 bits per heavy atom. The molecule has 0 aromatic heterocycles. The molecule has 0 radical (unpaired) electrons. The Labute approximate surface area is 70.4 Å². The van der Waals surface area contributed by atoms with Crippen molar-refractivity contribution in [3.8, 4) is 0 Å². The van der Waals surface area contributed by atoms with Crippen LogP contribution in [0.4, 0.5) is 0 Å². The lowest BCUT2D eigenvalue weighted by atomic mass is 9.52. The maximum Gasteiger partial charge on any atom is -0.0352 e. The predicted molar refractivity (Wildman–Crippen MR) is 48.3 cm³/mol. The van der Waals surface area contributed by atoms with E-state index in [1.807, 2.05) is 0 Å². The van der Waals surface area contributed by atoms with Gasteiger partial charge in [-0.05, 0) is 42.4 Å². The molecule has 0 heterocycles. The van der Waals surface area contributed by atoms with Crippen LogP contribution in [0.2, 0.25) is 0 Å². The highest BCUT2D eigenvalue weighted by Crippen LogP contribution is 2.54. The monoisotopic (exact) mass is 152 g/mol. The molecule has 0 aromatic rings. The largest absolute Gasteiger partial charge is 0.0625 e. The lowest BCUT2D eigenvalue weighted by Crippen LogP contribution is -2.46. The quantitative estimate of drug-likeness (QED) is 0.499. The maximum atomic E-state index is 2.45. The third kappa shape index (κ3) is 1.02. The minimum absolute atomic E-state index is 1.02. The van der Waals surface area contributed by atoms with E-state index in [2.05, 4.69) is 20.8 Å². The van der Waals surface area contributed by atoms with Crippen LogP contribution in [0.25, 0.3) is 0 Å². The van der Waals surface area contributed by atoms with E-state index in [9.17, 15) is 0 Å². The molecule has 2 aliphatic carbocycles. The first-order valence-corrected chi connectivity index (χ1v) is 5.20. The van der Waals surface area contributed by atoms with Crippen LogP contribution in [0, 0.1) is 29.6 Å². The Bertz CT molecular complexity index is 150. The van der Waals surface area contributed by atoms with E-state index in [1.165, 1.54) is 19.3 Å². The molecule has 0 nitrogen and oxygen atoms in total. The molecule has 0 aromatic carbocycles. The van der Waals surface area contributed by atoms with Gasteiger partial charge >= 0.3 is 0 Å². The van der Waals surface area contributed by atoms with Crippen molar-refractivity contribution in [2.75, 3.05) is 0 Å². The van der Waals surface area contributed by atoms with Crippen molar-refractivity contribution in [1.29, 1.82) is 0 Å². The van der Waals surface area contributed by atoms with E-state index in [0.29, 0.717) is 0 Å². The molecule has 64 valence electrons. The van der Waals surface area contributed by atoms with Gasteiger partial charge < -0.3 is 0 Å². The van der Waals surface area contributed by atoms with Crippen molar-refractivity contribution < 1.29 is 0 Å². The molecule has 0 spiro atoms. The van der Waals surface area contributed by atoms with Gasteiger partial charge in [-0.3, -0.25) is 0 Å². The van der Waals surface area contributed by atoms with Crippen LogP contribution in [0.3, 0.4) is 0 Å². The van der Waals surface area contributed by atoms with Crippen LogP contribution in [0.1, 0.15) is 40.0 Å². The molecule has 11 heavy (non-hydrogen) atoms. The van der Waals surface area contributed by atoms with Gasteiger partial charge in [-0.25, -0.2) is 0 Å². The molecule has 2 rings (SSSR count). The Kier molecular flexibility index (Phi) is 1.74. The van der Waals surface area contributed by atoms with Gasteiger partial charge in [0.15, 0.2) is 0 Å². The fourth-order valence-electron chi connectivity index (χ4n) is 3.34. The first kappa shape index (κ1) is 7.64. The van der Waals surface area contributed by atoms with Gasteiger partial charge in [0.25, 0.3) is 0 Å². The van der Waals surface area contributed by atoms with Crippen molar-refractivity contribution in [3.05, 3.63) is 0 Å². The average molecular weight is 152 g/mol. The Hall–Kier alpha value is 0. The smallest absolute Gasteiger partial charge is 0.0352 e. The summed E-state index contributed by atoms with van der Waals surface area (Å²) in [4.78, 5) is 0. The Morgan fingerprint density at radius 3 is 2.18 bits per heavy atom. The summed E-state index contributed by atoms with van der Waals surface area (Å²) in [6.07, 6.45) is 4.55. The lowest BCUT2D eigenvalue weighted by molar-refractivity contribution is -0.0458. The first-order chi connectivity index (χ1) is 5.20. The fraction of sp³-hybridized carbons (Fsp3) is 1.00. The zero-order valence-electron chi connectivity index (χ0n) is 8.01. The molecule has 0 bridgehead atoms. The first-order valence-electron chi connectivity index (χ1n) is 5.20. The normalized spacial score (nSPS) is 56.5. The third-order valence-electron chi connectivity index (χ3n) is 4.40. The van der Waals surface area contributed by atoms with Crippen LogP contribution in [0.5, 0.6) is 0 Å². The summed E-state index contributed by atoms with van der Waals surface area (Å²) in [5.41, 5.74) is 0. The predicted octanol–water partition coefficient (Wildman–Crippen LogP) is 3.32. The second-order valence-corrected chi connectivity index (χ2v) is 4.96. The van der Waals surface area contributed by atoms with Crippen molar-refractivity contribution in [1.82, 2.24) is 0 Å². The Balaban J connectivity index is 1.99. The molecule has 5 atom stereocenters. The summed E-state index contributed by atoms with van der Waals surface area (Å²) in [6, 6.07) is 0. The van der Waals surface area contributed by atoms with E-state index in [1.54, 1.807) is 0 Å². The molecule has 5 unspecified atom stereocenters. The summed E-state index contributed by atoms with van der Waals surface area (Å²) in [5, 5.41) is 0. The van der Waals surface area contributed by atoms with Gasteiger partial charge in [-0.1, -0.05) is 27.2 Å². The lowest BCUT2D eigenvalue weighted by Gasteiger charge is -2.54. The van der Waals surface area contributed by atoms with E-state index < -0.39 is 0 Å². The van der Waals surface area contributed by atoms with E-state index in [4.69, 9.17) is 0 Å². The molecule has 2 fully saturated rings. The van der Waals surface area contributed by atoms with Gasteiger partial charge in [-0.2, -0.15) is 0 Å². The second-order valence-electron chi connectivity index (χ2n) is 4.96. The molecule has 0 saturated heterocycles. The van der Waals surface area contributed by atoms with Crippen LogP contribution < -0.4 is 0 Å². The van der Waals surface area contributed by atoms with Crippen molar-refractivity contribution in [2.24, 2.45) is 29.6 Å². The van der Waals surface area contributed by atoms with Crippen LogP contribution >= 0.6 is 0 Å². The van der Waals surface area contributed by atoms with Crippen molar-refractivity contribution >= 4 is 0 Å². The minimum atomic E-state index is 1.02. The SMILES string of the molecule is CC1CCC2C(C)C(C)C2C1.